The Morgan fingerprint density at radius 3 is 1.69 bits per heavy atom. The molecule has 1 nitrogen and oxygen atoms in total. The predicted molar refractivity (Wildman–Crippen MR) is 132 cm³/mol. The molecule has 0 bridgehead atoms. The van der Waals surface area contributed by atoms with E-state index in [4.69, 9.17) is 0 Å². The summed E-state index contributed by atoms with van der Waals surface area (Å²) in [7, 11) is 0. The van der Waals surface area contributed by atoms with Gasteiger partial charge >= 0.3 is 212 Å². The van der Waals surface area contributed by atoms with E-state index < -0.39 is 40.1 Å². The van der Waals surface area contributed by atoms with Crippen LogP contribution in [0.4, 0.5) is 26.3 Å². The maximum atomic E-state index is 13.9. The first-order chi connectivity index (χ1) is 16.0. The van der Waals surface area contributed by atoms with Crippen molar-refractivity contribution < 1.29 is 31.4 Å². The van der Waals surface area contributed by atoms with Crippen molar-refractivity contribution in [2.75, 3.05) is 0 Å². The normalized spacial score (nSPS) is 15.1. The third-order valence-corrected chi connectivity index (χ3v) is 21.6. The summed E-state index contributed by atoms with van der Waals surface area (Å²) in [5.74, 6) is 0. The zero-order valence-electron chi connectivity index (χ0n) is 19.3. The van der Waals surface area contributed by atoms with Gasteiger partial charge in [-0.3, -0.25) is 0 Å². The van der Waals surface area contributed by atoms with E-state index in [9.17, 15) is 31.4 Å². The first kappa shape index (κ1) is 28.1. The van der Waals surface area contributed by atoms with Gasteiger partial charge < -0.3 is 0 Å². The molecule has 0 saturated heterocycles. The molecule has 189 valence electrons. The summed E-state index contributed by atoms with van der Waals surface area (Å²) >= 11 is -0.609. The molecule has 9 heteroatoms. The minimum absolute atomic E-state index is 0.129. The van der Waals surface area contributed by atoms with Crippen LogP contribution in [0.2, 0.25) is 0 Å². The number of benzene rings is 3. The van der Waals surface area contributed by atoms with E-state index in [-0.39, 0.29) is 13.3 Å². The second kappa shape index (κ2) is 9.75. The molecule has 0 aromatic heterocycles. The van der Waals surface area contributed by atoms with Crippen LogP contribution >= 0.6 is 12.6 Å². The Labute approximate surface area is 210 Å². The molecule has 0 amide bonds. The van der Waals surface area contributed by atoms with Crippen LogP contribution in [0.1, 0.15) is 37.5 Å². The van der Waals surface area contributed by atoms with Gasteiger partial charge in [0.1, 0.15) is 0 Å². The Bertz CT molecular complexity index is 1140. The zero-order valence-corrected chi connectivity index (χ0v) is 23.4. The molecule has 1 atom stereocenters. The fourth-order valence-corrected chi connectivity index (χ4v) is 17.8. The molecule has 1 N–H and O–H groups in total. The van der Waals surface area contributed by atoms with Gasteiger partial charge in [0.05, 0.1) is 0 Å². The summed E-state index contributed by atoms with van der Waals surface area (Å²) in [6, 6.07) is 20.7. The van der Waals surface area contributed by atoms with E-state index in [0.717, 1.165) is 23.3 Å². The maximum absolute atomic E-state index is 13.9. The van der Waals surface area contributed by atoms with Crippen molar-refractivity contribution in [1.29, 1.82) is 0 Å². The number of alkyl halides is 6. The van der Waals surface area contributed by atoms with E-state index in [0.29, 0.717) is 3.51 Å². The second-order valence-corrected chi connectivity index (χ2v) is 25.3. The van der Waals surface area contributed by atoms with Crippen molar-refractivity contribution in [2.45, 2.75) is 48.5 Å². The van der Waals surface area contributed by atoms with Crippen LogP contribution in [-0.2, 0) is 15.4 Å². The number of halogens is 7. The predicted octanol–water partition coefficient (Wildman–Crippen LogP) is 6.53. The van der Waals surface area contributed by atoms with Gasteiger partial charge in [0.2, 0.25) is 0 Å². The van der Waals surface area contributed by atoms with Crippen LogP contribution in [0.5, 0.6) is 0 Å². The molecule has 1 radical (unpaired) electrons. The number of rotatable bonds is 5. The quantitative estimate of drug-likeness (QED) is 0.242. The topological polar surface area (TPSA) is 20.2 Å². The Morgan fingerprint density at radius 2 is 1.20 bits per heavy atom. The SMILES string of the molecule is CC(C)(C)c1cc[c]([Sb]([Br])([CH2]c2ccccc2)[c]2ccccc2C(O)(C(F)(F)F)C(F)(F)F)cc1. The Hall–Kier alpha value is -1.50. The van der Waals surface area contributed by atoms with E-state index in [1.807, 2.05) is 32.9 Å². The van der Waals surface area contributed by atoms with Crippen molar-refractivity contribution in [3.05, 3.63) is 95.6 Å². The average molecular weight is 669 g/mol. The van der Waals surface area contributed by atoms with Gasteiger partial charge in [0.15, 0.2) is 0 Å². The minimum atomic E-state index is -5.97. The van der Waals surface area contributed by atoms with Gasteiger partial charge in [-0.05, 0) is 0 Å². The van der Waals surface area contributed by atoms with E-state index in [2.05, 4.69) is 12.6 Å². The van der Waals surface area contributed by atoms with Crippen molar-refractivity contribution in [3.63, 3.8) is 0 Å². The molecule has 3 rings (SSSR count). The molecule has 1 unspecified atom stereocenters. The van der Waals surface area contributed by atoms with Gasteiger partial charge in [-0.25, -0.2) is 0 Å². The van der Waals surface area contributed by atoms with Crippen LogP contribution < -0.4 is 7.02 Å². The Balaban J connectivity index is 2.32. The van der Waals surface area contributed by atoms with Gasteiger partial charge in [-0.2, -0.15) is 0 Å². The van der Waals surface area contributed by atoms with Gasteiger partial charge in [0, 0.05) is 0 Å². The van der Waals surface area contributed by atoms with E-state index >= 15 is 0 Å². The molecule has 0 aliphatic carbocycles. The van der Waals surface area contributed by atoms with Crippen molar-refractivity contribution in [2.24, 2.45) is 0 Å². The third kappa shape index (κ3) is 5.45. The molecular weight excluding hydrogens is 644 g/mol. The summed E-state index contributed by atoms with van der Waals surface area (Å²) in [5, 5.41) is 10.3. The zero-order chi connectivity index (χ0) is 26.3. The number of hydrogen-bond acceptors (Lipinski definition) is 1. The van der Waals surface area contributed by atoms with Crippen molar-refractivity contribution >= 4 is 36.2 Å². The van der Waals surface area contributed by atoms with Crippen LogP contribution in [-0.4, -0.2) is 34.0 Å². The van der Waals surface area contributed by atoms with Crippen LogP contribution in [0.15, 0.2) is 78.9 Å². The first-order valence-corrected chi connectivity index (χ1v) is 20.8. The average Bonchev–Trinajstić information content (AvgIpc) is 2.77. The standard InChI is InChI=1S/C10H13.C9H5F6O.C7H7.BrH.Sb/c1-10(2,3)9-7-5-4-6-8-9;10-8(11,12)7(16,9(13,14)15)6-4-2-1-3-5-6;1-7-5-3-2-4-6-7;;/h5-8H,1-3H3;1-4,16H;2-6H,1H2;1H;/q;;;;+1/p-1. The Kier molecular flexibility index (Phi) is 7.82. The van der Waals surface area contributed by atoms with Crippen molar-refractivity contribution in [3.8, 4) is 0 Å². The molecule has 0 fully saturated rings. The molecular formula is C26H25BrF6OSb. The summed E-state index contributed by atoms with van der Waals surface area (Å²) in [5.41, 5.74) is -4.62. The Morgan fingerprint density at radius 1 is 0.714 bits per heavy atom. The van der Waals surface area contributed by atoms with Crippen LogP contribution in [0, 0.1) is 0 Å². The van der Waals surface area contributed by atoms with Crippen molar-refractivity contribution in [1.82, 2.24) is 0 Å². The van der Waals surface area contributed by atoms with Gasteiger partial charge in [-0.15, -0.1) is 0 Å². The summed E-state index contributed by atoms with van der Waals surface area (Å²) < 4.78 is 84.2. The van der Waals surface area contributed by atoms with E-state index in [1.54, 1.807) is 42.5 Å². The monoisotopic (exact) mass is 667 g/mol. The summed E-state index contributed by atoms with van der Waals surface area (Å²) in [6.45, 7) is 6.04. The van der Waals surface area contributed by atoms with Gasteiger partial charge in [0.25, 0.3) is 0 Å². The summed E-state index contributed by atoms with van der Waals surface area (Å²) in [6.07, 6.45) is -11.9. The van der Waals surface area contributed by atoms with Crippen LogP contribution in [0.3, 0.4) is 0 Å². The fourth-order valence-electron chi connectivity index (χ4n) is 3.90. The fraction of sp³-hybridized carbons (Fsp3) is 0.308. The molecule has 0 saturated carbocycles. The molecule has 0 spiro atoms. The first-order valence-electron chi connectivity index (χ1n) is 10.7. The molecule has 0 aliphatic rings. The molecule has 0 aliphatic heterocycles. The molecule has 0 heterocycles. The number of hydrogen-bond donors (Lipinski definition) is 1. The number of aliphatic hydroxyl groups is 1. The third-order valence-electron chi connectivity index (χ3n) is 5.88. The summed E-state index contributed by atoms with van der Waals surface area (Å²) in [4.78, 5) is 0. The second-order valence-electron chi connectivity index (χ2n) is 9.38. The molecule has 3 aromatic carbocycles. The molecule has 35 heavy (non-hydrogen) atoms. The van der Waals surface area contributed by atoms with Crippen LogP contribution in [0.25, 0.3) is 0 Å². The molecule has 3 aromatic rings. The van der Waals surface area contributed by atoms with Gasteiger partial charge in [-0.1, -0.05) is 0 Å². The van der Waals surface area contributed by atoms with E-state index in [1.165, 1.54) is 12.1 Å².